The molecule has 0 spiro atoms. The lowest BCUT2D eigenvalue weighted by Gasteiger charge is -2.16. The van der Waals surface area contributed by atoms with Crippen molar-refractivity contribution in [3.8, 4) is 11.8 Å². The minimum atomic E-state index is 0.587. The highest BCUT2D eigenvalue weighted by molar-refractivity contribution is 5.40. The van der Waals surface area contributed by atoms with Crippen LogP contribution in [0.25, 0.3) is 0 Å². The van der Waals surface area contributed by atoms with Crippen LogP contribution in [-0.2, 0) is 6.42 Å². The molecule has 0 radical (unpaired) electrons. The van der Waals surface area contributed by atoms with E-state index in [1.165, 1.54) is 19.3 Å². The van der Waals surface area contributed by atoms with Crippen LogP contribution in [-0.4, -0.2) is 12.6 Å². The van der Waals surface area contributed by atoms with Gasteiger partial charge < -0.3 is 5.32 Å². The van der Waals surface area contributed by atoms with Gasteiger partial charge >= 0.3 is 0 Å². The van der Waals surface area contributed by atoms with Crippen LogP contribution < -0.4 is 5.32 Å². The standard InChI is InChI=1S/C19H25N/c1-3-5-10-17(20-13-4-2)19-16-12-11-14-8-6-7-9-15(14)18(16)19/h6-9,16-20H,4,10-13H2,1-2H3. The maximum Gasteiger partial charge on any atom is 0.0246 e. The number of hydrogen-bond acceptors (Lipinski definition) is 1. The van der Waals surface area contributed by atoms with E-state index in [2.05, 4.69) is 48.3 Å². The van der Waals surface area contributed by atoms with Crippen LogP contribution in [0.2, 0.25) is 0 Å². The van der Waals surface area contributed by atoms with Gasteiger partial charge in [-0.3, -0.25) is 0 Å². The Bertz CT molecular complexity index is 522. The molecule has 20 heavy (non-hydrogen) atoms. The van der Waals surface area contributed by atoms with E-state index in [9.17, 15) is 0 Å². The Morgan fingerprint density at radius 1 is 1.35 bits per heavy atom. The summed E-state index contributed by atoms with van der Waals surface area (Å²) in [7, 11) is 0. The smallest absolute Gasteiger partial charge is 0.0246 e. The first kappa shape index (κ1) is 13.7. The van der Waals surface area contributed by atoms with Crippen molar-refractivity contribution in [3.05, 3.63) is 35.4 Å². The zero-order valence-electron chi connectivity index (χ0n) is 12.7. The Morgan fingerprint density at radius 3 is 3.00 bits per heavy atom. The molecule has 1 N–H and O–H groups in total. The van der Waals surface area contributed by atoms with Crippen LogP contribution in [0.4, 0.5) is 0 Å². The van der Waals surface area contributed by atoms with E-state index in [-0.39, 0.29) is 0 Å². The Kier molecular flexibility index (Phi) is 4.13. The number of nitrogens with one attached hydrogen (secondary N) is 1. The van der Waals surface area contributed by atoms with Crippen molar-refractivity contribution >= 4 is 0 Å². The molecule has 0 aliphatic heterocycles. The second-order valence-electron chi connectivity index (χ2n) is 6.20. The second kappa shape index (κ2) is 6.02. The Morgan fingerprint density at radius 2 is 2.20 bits per heavy atom. The lowest BCUT2D eigenvalue weighted by Crippen LogP contribution is -2.32. The SMILES string of the molecule is CC#CCC(NCCC)C1C2CCc3ccccc3C21. The van der Waals surface area contributed by atoms with E-state index in [0.29, 0.717) is 6.04 Å². The van der Waals surface area contributed by atoms with Crippen molar-refractivity contribution in [1.29, 1.82) is 0 Å². The highest BCUT2D eigenvalue weighted by Gasteiger charge is 2.55. The third-order valence-electron chi connectivity index (χ3n) is 5.01. The average Bonchev–Trinajstić information content (AvgIpc) is 3.22. The van der Waals surface area contributed by atoms with Gasteiger partial charge in [-0.15, -0.1) is 11.8 Å². The summed E-state index contributed by atoms with van der Waals surface area (Å²) in [6, 6.07) is 9.65. The number of rotatable bonds is 5. The third kappa shape index (κ3) is 2.50. The number of fused-ring (bicyclic) bond motifs is 3. The molecule has 1 nitrogen and oxygen atoms in total. The van der Waals surface area contributed by atoms with E-state index in [1.54, 1.807) is 11.1 Å². The van der Waals surface area contributed by atoms with E-state index in [1.807, 2.05) is 6.92 Å². The molecule has 4 atom stereocenters. The summed E-state index contributed by atoms with van der Waals surface area (Å²) in [4.78, 5) is 0. The number of aryl methyl sites for hydroxylation is 1. The molecule has 1 aromatic rings. The highest BCUT2D eigenvalue weighted by Crippen LogP contribution is 2.61. The minimum absolute atomic E-state index is 0.587. The first-order valence-corrected chi connectivity index (χ1v) is 8.07. The van der Waals surface area contributed by atoms with Crippen molar-refractivity contribution < 1.29 is 0 Å². The van der Waals surface area contributed by atoms with Crippen LogP contribution in [0.15, 0.2) is 24.3 Å². The Hall–Kier alpha value is -1.26. The van der Waals surface area contributed by atoms with Gasteiger partial charge in [0.2, 0.25) is 0 Å². The van der Waals surface area contributed by atoms with Gasteiger partial charge in [0.25, 0.3) is 0 Å². The second-order valence-corrected chi connectivity index (χ2v) is 6.20. The van der Waals surface area contributed by atoms with Gasteiger partial charge in [0.15, 0.2) is 0 Å². The summed E-state index contributed by atoms with van der Waals surface area (Å²) in [5.41, 5.74) is 3.22. The van der Waals surface area contributed by atoms with Gasteiger partial charge in [-0.25, -0.2) is 0 Å². The van der Waals surface area contributed by atoms with E-state index in [4.69, 9.17) is 0 Å². The largest absolute Gasteiger partial charge is 0.313 e. The van der Waals surface area contributed by atoms with Gasteiger partial charge in [0.1, 0.15) is 0 Å². The van der Waals surface area contributed by atoms with E-state index < -0.39 is 0 Å². The Labute approximate surface area is 123 Å². The summed E-state index contributed by atoms with van der Waals surface area (Å²) in [5, 5.41) is 3.75. The fraction of sp³-hybridized carbons (Fsp3) is 0.579. The predicted molar refractivity (Wildman–Crippen MR) is 84.6 cm³/mol. The molecule has 2 aliphatic rings. The molecule has 3 rings (SSSR count). The van der Waals surface area contributed by atoms with Crippen molar-refractivity contribution in [2.45, 2.75) is 51.5 Å². The maximum atomic E-state index is 3.75. The molecule has 0 heterocycles. The van der Waals surface area contributed by atoms with Gasteiger partial charge in [-0.2, -0.15) is 0 Å². The molecule has 106 valence electrons. The summed E-state index contributed by atoms with van der Waals surface area (Å²) in [6.07, 6.45) is 4.86. The van der Waals surface area contributed by atoms with Crippen LogP contribution in [0.1, 0.15) is 50.2 Å². The zero-order valence-corrected chi connectivity index (χ0v) is 12.7. The van der Waals surface area contributed by atoms with Crippen molar-refractivity contribution in [1.82, 2.24) is 5.32 Å². The average molecular weight is 267 g/mol. The molecule has 4 unspecified atom stereocenters. The Balaban J connectivity index is 1.76. The van der Waals surface area contributed by atoms with Crippen molar-refractivity contribution in [2.24, 2.45) is 11.8 Å². The predicted octanol–water partition coefficient (Wildman–Crippen LogP) is 3.74. The van der Waals surface area contributed by atoms with Crippen LogP contribution in [0.5, 0.6) is 0 Å². The first-order chi connectivity index (χ1) is 9.86. The number of hydrogen-bond donors (Lipinski definition) is 1. The van der Waals surface area contributed by atoms with E-state index >= 15 is 0 Å². The van der Waals surface area contributed by atoms with Gasteiger partial charge in [-0.1, -0.05) is 31.2 Å². The molecule has 1 saturated carbocycles. The van der Waals surface area contributed by atoms with Crippen molar-refractivity contribution in [3.63, 3.8) is 0 Å². The fourth-order valence-corrected chi connectivity index (χ4v) is 4.05. The third-order valence-corrected chi connectivity index (χ3v) is 5.01. The van der Waals surface area contributed by atoms with Gasteiger partial charge in [-0.05, 0) is 61.6 Å². The van der Waals surface area contributed by atoms with Crippen LogP contribution >= 0.6 is 0 Å². The minimum Gasteiger partial charge on any atom is -0.313 e. The molecule has 1 fully saturated rings. The van der Waals surface area contributed by atoms with Crippen molar-refractivity contribution in [2.75, 3.05) is 6.54 Å². The van der Waals surface area contributed by atoms with Crippen LogP contribution in [0.3, 0.4) is 0 Å². The molecule has 1 aromatic carbocycles. The normalized spacial score (nSPS) is 27.8. The molecule has 0 saturated heterocycles. The maximum absolute atomic E-state index is 3.75. The molecular formula is C19H25N. The summed E-state index contributed by atoms with van der Waals surface area (Å²) < 4.78 is 0. The first-order valence-electron chi connectivity index (χ1n) is 8.07. The van der Waals surface area contributed by atoms with Gasteiger partial charge in [0.05, 0.1) is 0 Å². The monoisotopic (exact) mass is 267 g/mol. The number of benzene rings is 1. The summed E-state index contributed by atoms with van der Waals surface area (Å²) >= 11 is 0. The fourth-order valence-electron chi connectivity index (χ4n) is 4.05. The quantitative estimate of drug-likeness (QED) is 0.801. The topological polar surface area (TPSA) is 12.0 Å². The zero-order chi connectivity index (χ0) is 13.9. The lowest BCUT2D eigenvalue weighted by atomic mass is 9.92. The van der Waals surface area contributed by atoms with E-state index in [0.717, 1.165) is 30.7 Å². The molecule has 0 aromatic heterocycles. The van der Waals surface area contributed by atoms with Gasteiger partial charge in [0, 0.05) is 12.5 Å². The molecule has 1 heteroatoms. The molecular weight excluding hydrogens is 242 g/mol. The molecule has 0 bridgehead atoms. The van der Waals surface area contributed by atoms with Crippen LogP contribution in [0, 0.1) is 23.7 Å². The highest BCUT2D eigenvalue weighted by atomic mass is 14.9. The molecule has 2 aliphatic carbocycles. The summed E-state index contributed by atoms with van der Waals surface area (Å²) in [5.74, 6) is 8.88. The molecule has 0 amide bonds. The lowest BCUT2D eigenvalue weighted by molar-refractivity contribution is 0.441. The summed E-state index contributed by atoms with van der Waals surface area (Å²) in [6.45, 7) is 5.31.